The summed E-state index contributed by atoms with van der Waals surface area (Å²) in [4.78, 5) is 17.4. The fraction of sp³-hybridized carbons (Fsp3) is 0.0952. The average Bonchev–Trinajstić information content (AvgIpc) is 3.45. The number of benzene rings is 2. The van der Waals surface area contributed by atoms with Crippen LogP contribution in [0.25, 0.3) is 22.2 Å². The maximum absolute atomic E-state index is 12.1. The SMILES string of the molecule is COc1ccc(NC(=O)COc2cccc(-c3noc(-c4cccs4)n3)c2)cc1. The number of ether oxygens (including phenoxy) is 2. The number of anilines is 1. The summed E-state index contributed by atoms with van der Waals surface area (Å²) in [5, 5.41) is 8.74. The molecule has 29 heavy (non-hydrogen) atoms. The number of nitrogens with one attached hydrogen (secondary N) is 1. The third-order valence-electron chi connectivity index (χ3n) is 3.99. The number of methoxy groups -OCH3 is 1. The molecule has 0 aliphatic rings. The zero-order chi connectivity index (χ0) is 20.1. The quantitative estimate of drug-likeness (QED) is 0.486. The van der Waals surface area contributed by atoms with Crippen LogP contribution >= 0.6 is 11.3 Å². The fourth-order valence-corrected chi connectivity index (χ4v) is 3.23. The van der Waals surface area contributed by atoms with Crippen molar-refractivity contribution >= 4 is 22.9 Å². The predicted octanol–water partition coefficient (Wildman–Crippen LogP) is 4.49. The van der Waals surface area contributed by atoms with Crippen molar-refractivity contribution in [2.45, 2.75) is 0 Å². The Morgan fingerprint density at radius 2 is 1.97 bits per heavy atom. The van der Waals surface area contributed by atoms with Crippen LogP contribution < -0.4 is 14.8 Å². The van der Waals surface area contributed by atoms with E-state index in [0.29, 0.717) is 23.2 Å². The van der Waals surface area contributed by atoms with Crippen LogP contribution in [0.4, 0.5) is 5.69 Å². The molecule has 0 spiro atoms. The summed E-state index contributed by atoms with van der Waals surface area (Å²) in [6.07, 6.45) is 0. The number of nitrogens with zero attached hydrogens (tertiary/aromatic N) is 2. The van der Waals surface area contributed by atoms with Crippen molar-refractivity contribution in [1.82, 2.24) is 10.1 Å². The Balaban J connectivity index is 1.38. The van der Waals surface area contributed by atoms with Crippen molar-refractivity contribution in [2.24, 2.45) is 0 Å². The number of carbonyl (C=O) groups excluding carboxylic acids is 1. The molecule has 4 rings (SSSR count). The molecule has 8 heteroatoms. The molecule has 146 valence electrons. The minimum Gasteiger partial charge on any atom is -0.497 e. The van der Waals surface area contributed by atoms with E-state index in [1.54, 1.807) is 43.5 Å². The second-order valence-corrected chi connectivity index (χ2v) is 6.94. The molecule has 0 atom stereocenters. The number of carbonyl (C=O) groups is 1. The van der Waals surface area contributed by atoms with Gasteiger partial charge in [-0.3, -0.25) is 4.79 Å². The third-order valence-corrected chi connectivity index (χ3v) is 4.85. The van der Waals surface area contributed by atoms with Gasteiger partial charge in [-0.2, -0.15) is 4.98 Å². The van der Waals surface area contributed by atoms with Crippen molar-refractivity contribution < 1.29 is 18.8 Å². The van der Waals surface area contributed by atoms with Crippen LogP contribution in [-0.2, 0) is 4.79 Å². The zero-order valence-corrected chi connectivity index (χ0v) is 16.3. The lowest BCUT2D eigenvalue weighted by molar-refractivity contribution is -0.118. The van der Waals surface area contributed by atoms with Crippen LogP contribution in [0.2, 0.25) is 0 Å². The normalized spacial score (nSPS) is 10.5. The van der Waals surface area contributed by atoms with Crippen LogP contribution in [-0.4, -0.2) is 29.8 Å². The molecule has 1 N–H and O–H groups in total. The summed E-state index contributed by atoms with van der Waals surface area (Å²) >= 11 is 1.53. The molecule has 0 bridgehead atoms. The Bertz CT molecular complexity index is 1090. The minimum atomic E-state index is -0.264. The van der Waals surface area contributed by atoms with E-state index in [4.69, 9.17) is 14.0 Å². The van der Waals surface area contributed by atoms with E-state index in [2.05, 4.69) is 15.5 Å². The number of hydrogen-bond donors (Lipinski definition) is 1. The van der Waals surface area contributed by atoms with Crippen LogP contribution in [0, 0.1) is 0 Å². The second kappa shape index (κ2) is 8.57. The number of hydrogen-bond acceptors (Lipinski definition) is 7. The zero-order valence-electron chi connectivity index (χ0n) is 15.5. The van der Waals surface area contributed by atoms with Crippen molar-refractivity contribution in [3.63, 3.8) is 0 Å². The first-order valence-corrected chi connectivity index (χ1v) is 9.64. The molecular weight excluding hydrogens is 390 g/mol. The standard InChI is InChI=1S/C21H17N3O4S/c1-26-16-9-7-15(8-10-16)22-19(25)13-27-17-5-2-4-14(12-17)20-23-21(28-24-20)18-6-3-11-29-18/h2-12H,13H2,1H3,(H,22,25). The Kier molecular flexibility index (Phi) is 5.53. The molecule has 0 unspecified atom stereocenters. The first kappa shape index (κ1) is 18.7. The Morgan fingerprint density at radius 1 is 1.10 bits per heavy atom. The Hall–Kier alpha value is -3.65. The average molecular weight is 407 g/mol. The highest BCUT2D eigenvalue weighted by Gasteiger charge is 2.12. The Labute approximate surface area is 170 Å². The first-order valence-electron chi connectivity index (χ1n) is 8.76. The summed E-state index contributed by atoms with van der Waals surface area (Å²) in [5.41, 5.74) is 1.41. The molecular formula is C21H17N3O4S. The number of amides is 1. The molecule has 4 aromatic rings. The van der Waals surface area contributed by atoms with E-state index >= 15 is 0 Å². The van der Waals surface area contributed by atoms with Gasteiger partial charge in [0.15, 0.2) is 6.61 Å². The summed E-state index contributed by atoms with van der Waals surface area (Å²) in [6.45, 7) is -0.123. The topological polar surface area (TPSA) is 86.5 Å². The summed E-state index contributed by atoms with van der Waals surface area (Å²) < 4.78 is 16.0. The molecule has 2 heterocycles. The highest BCUT2D eigenvalue weighted by molar-refractivity contribution is 7.13. The van der Waals surface area contributed by atoms with Gasteiger partial charge in [-0.1, -0.05) is 23.4 Å². The number of thiophene rings is 1. The predicted molar refractivity (Wildman–Crippen MR) is 110 cm³/mol. The maximum Gasteiger partial charge on any atom is 0.268 e. The largest absolute Gasteiger partial charge is 0.497 e. The highest BCUT2D eigenvalue weighted by atomic mass is 32.1. The van der Waals surface area contributed by atoms with Crippen LogP contribution in [0.15, 0.2) is 70.6 Å². The van der Waals surface area contributed by atoms with Gasteiger partial charge in [0.25, 0.3) is 11.8 Å². The van der Waals surface area contributed by atoms with Gasteiger partial charge in [0.05, 0.1) is 12.0 Å². The van der Waals surface area contributed by atoms with Gasteiger partial charge in [-0.25, -0.2) is 0 Å². The molecule has 2 aromatic heterocycles. The van der Waals surface area contributed by atoms with Crippen LogP contribution in [0.5, 0.6) is 11.5 Å². The molecule has 7 nitrogen and oxygen atoms in total. The van der Waals surface area contributed by atoms with E-state index in [-0.39, 0.29) is 12.5 Å². The van der Waals surface area contributed by atoms with Gasteiger partial charge in [0.2, 0.25) is 5.82 Å². The minimum absolute atomic E-state index is 0.123. The number of rotatable bonds is 7. The van der Waals surface area contributed by atoms with Gasteiger partial charge in [-0.05, 0) is 47.8 Å². The summed E-state index contributed by atoms with van der Waals surface area (Å²) in [6, 6.07) is 18.1. The van der Waals surface area contributed by atoms with Crippen LogP contribution in [0.1, 0.15) is 0 Å². The van der Waals surface area contributed by atoms with E-state index < -0.39 is 0 Å². The summed E-state index contributed by atoms with van der Waals surface area (Å²) in [7, 11) is 1.59. The van der Waals surface area contributed by atoms with Crippen LogP contribution in [0.3, 0.4) is 0 Å². The molecule has 2 aromatic carbocycles. The van der Waals surface area contributed by atoms with E-state index in [9.17, 15) is 4.79 Å². The molecule has 0 saturated carbocycles. The fourth-order valence-electron chi connectivity index (χ4n) is 2.59. The molecule has 0 saturated heterocycles. The van der Waals surface area contributed by atoms with E-state index in [0.717, 1.165) is 16.2 Å². The molecule has 0 radical (unpaired) electrons. The van der Waals surface area contributed by atoms with Crippen molar-refractivity contribution in [3.05, 3.63) is 66.0 Å². The van der Waals surface area contributed by atoms with E-state index in [1.807, 2.05) is 29.6 Å². The maximum atomic E-state index is 12.1. The lowest BCUT2D eigenvalue weighted by Crippen LogP contribution is -2.20. The second-order valence-electron chi connectivity index (χ2n) is 5.99. The third kappa shape index (κ3) is 4.61. The van der Waals surface area contributed by atoms with Gasteiger partial charge in [0.1, 0.15) is 11.5 Å². The van der Waals surface area contributed by atoms with Gasteiger partial charge in [0, 0.05) is 11.3 Å². The van der Waals surface area contributed by atoms with Crippen molar-refractivity contribution in [2.75, 3.05) is 19.0 Å². The Morgan fingerprint density at radius 3 is 2.72 bits per heavy atom. The lowest BCUT2D eigenvalue weighted by Gasteiger charge is -2.08. The van der Waals surface area contributed by atoms with Gasteiger partial charge < -0.3 is 19.3 Å². The smallest absolute Gasteiger partial charge is 0.268 e. The summed E-state index contributed by atoms with van der Waals surface area (Å²) in [5.74, 6) is 1.93. The molecule has 0 aliphatic carbocycles. The monoisotopic (exact) mass is 407 g/mol. The first-order chi connectivity index (χ1) is 14.2. The highest BCUT2D eigenvalue weighted by Crippen LogP contribution is 2.27. The molecule has 0 fully saturated rings. The molecule has 0 aliphatic heterocycles. The number of aromatic nitrogens is 2. The van der Waals surface area contributed by atoms with Gasteiger partial charge in [-0.15, -0.1) is 11.3 Å². The van der Waals surface area contributed by atoms with Gasteiger partial charge >= 0.3 is 0 Å². The van der Waals surface area contributed by atoms with Crippen molar-refractivity contribution in [3.8, 4) is 33.7 Å². The van der Waals surface area contributed by atoms with Crippen molar-refractivity contribution in [1.29, 1.82) is 0 Å². The van der Waals surface area contributed by atoms with E-state index in [1.165, 1.54) is 11.3 Å². The molecule has 1 amide bonds. The lowest BCUT2D eigenvalue weighted by atomic mass is 10.2.